The number of rotatable bonds is 11. The molecule has 33 heavy (non-hydrogen) atoms. The standard InChI is InChI=1S/C26H30O7/c1-4-16(24(27)28)9-10-26(11-12-26)15-33-22-19(7-8-21(30-2)23(22)31-3)17-5-6-20-18(13-17)14-32-25(20)29/h5-8,13,16H,4,9-12,14-15H2,1-3H3,(H,27,28). The van der Waals surface area contributed by atoms with Gasteiger partial charge in [-0.25, -0.2) is 4.79 Å². The molecule has 4 rings (SSSR count). The van der Waals surface area contributed by atoms with Gasteiger partial charge in [-0.3, -0.25) is 4.79 Å². The van der Waals surface area contributed by atoms with Crippen LogP contribution in [-0.4, -0.2) is 37.9 Å². The predicted octanol–water partition coefficient (Wildman–Crippen LogP) is 5.09. The molecule has 1 fully saturated rings. The molecule has 0 radical (unpaired) electrons. The van der Waals surface area contributed by atoms with Gasteiger partial charge in [-0.15, -0.1) is 0 Å². The van der Waals surface area contributed by atoms with Gasteiger partial charge < -0.3 is 24.1 Å². The molecule has 1 N–H and O–H groups in total. The highest BCUT2D eigenvalue weighted by Gasteiger charge is 2.44. The molecule has 1 aliphatic heterocycles. The number of carbonyl (C=O) groups excluding carboxylic acids is 1. The molecule has 0 saturated heterocycles. The largest absolute Gasteiger partial charge is 0.493 e. The first-order valence-corrected chi connectivity index (χ1v) is 11.3. The monoisotopic (exact) mass is 454 g/mol. The Morgan fingerprint density at radius 2 is 1.88 bits per heavy atom. The molecular formula is C26H30O7. The molecule has 0 spiro atoms. The van der Waals surface area contributed by atoms with E-state index in [0.717, 1.165) is 36.0 Å². The second-order valence-corrected chi connectivity index (χ2v) is 8.90. The molecule has 7 heteroatoms. The lowest BCUT2D eigenvalue weighted by atomic mass is 9.92. The van der Waals surface area contributed by atoms with E-state index in [1.807, 2.05) is 31.2 Å². The van der Waals surface area contributed by atoms with E-state index in [1.54, 1.807) is 20.3 Å². The zero-order valence-corrected chi connectivity index (χ0v) is 19.3. The van der Waals surface area contributed by atoms with Crippen molar-refractivity contribution in [3.05, 3.63) is 41.5 Å². The molecular weight excluding hydrogens is 424 g/mol. The fraction of sp³-hybridized carbons (Fsp3) is 0.462. The van der Waals surface area contributed by atoms with Crippen LogP contribution < -0.4 is 14.2 Å². The maximum absolute atomic E-state index is 11.8. The van der Waals surface area contributed by atoms with Gasteiger partial charge in [0.25, 0.3) is 0 Å². The second kappa shape index (κ2) is 9.33. The van der Waals surface area contributed by atoms with Crippen molar-refractivity contribution in [2.45, 2.75) is 45.6 Å². The number of carboxylic acid groups (broad SMARTS) is 1. The number of ether oxygens (including phenoxy) is 4. The van der Waals surface area contributed by atoms with Gasteiger partial charge in [-0.2, -0.15) is 0 Å². The van der Waals surface area contributed by atoms with Gasteiger partial charge in [0.1, 0.15) is 6.61 Å². The highest BCUT2D eigenvalue weighted by molar-refractivity contribution is 5.94. The third-order valence-corrected chi connectivity index (χ3v) is 6.84. The minimum absolute atomic E-state index is 0.00752. The number of aliphatic carboxylic acids is 1. The van der Waals surface area contributed by atoms with Crippen molar-refractivity contribution in [3.8, 4) is 28.4 Å². The van der Waals surface area contributed by atoms with Crippen LogP contribution in [-0.2, 0) is 16.1 Å². The summed E-state index contributed by atoms with van der Waals surface area (Å²) in [5.74, 6) is 0.306. The summed E-state index contributed by atoms with van der Waals surface area (Å²) in [6.45, 7) is 2.65. The molecule has 176 valence electrons. The van der Waals surface area contributed by atoms with E-state index >= 15 is 0 Å². The van der Waals surface area contributed by atoms with E-state index in [1.165, 1.54) is 0 Å². The summed E-state index contributed by atoms with van der Waals surface area (Å²) >= 11 is 0. The van der Waals surface area contributed by atoms with Crippen molar-refractivity contribution in [1.82, 2.24) is 0 Å². The summed E-state index contributed by atoms with van der Waals surface area (Å²) < 4.78 is 22.7. The maximum atomic E-state index is 11.8. The molecule has 1 heterocycles. The van der Waals surface area contributed by atoms with E-state index in [2.05, 4.69) is 0 Å². The molecule has 0 amide bonds. The van der Waals surface area contributed by atoms with Crippen LogP contribution in [0.5, 0.6) is 17.2 Å². The summed E-state index contributed by atoms with van der Waals surface area (Å²) in [4.78, 5) is 23.2. The molecule has 1 unspecified atom stereocenters. The zero-order valence-electron chi connectivity index (χ0n) is 19.3. The Kier molecular flexibility index (Phi) is 6.49. The first-order chi connectivity index (χ1) is 15.9. The molecule has 0 aromatic heterocycles. The van der Waals surface area contributed by atoms with Crippen LogP contribution in [0.3, 0.4) is 0 Å². The molecule has 0 bridgehead atoms. The highest BCUT2D eigenvalue weighted by Crippen LogP contribution is 2.52. The van der Waals surface area contributed by atoms with Crippen LogP contribution in [0.25, 0.3) is 11.1 Å². The molecule has 7 nitrogen and oxygen atoms in total. The van der Waals surface area contributed by atoms with Crippen LogP contribution in [0.2, 0.25) is 0 Å². The SMILES string of the molecule is CCC(CCC1(COc2c(-c3ccc4c(c3)COC4=O)ccc(OC)c2OC)CC1)C(=O)O. The van der Waals surface area contributed by atoms with Crippen LogP contribution in [0.4, 0.5) is 0 Å². The Morgan fingerprint density at radius 3 is 2.52 bits per heavy atom. The van der Waals surface area contributed by atoms with E-state index < -0.39 is 5.97 Å². The Hall–Kier alpha value is -3.22. The third-order valence-electron chi connectivity index (χ3n) is 6.84. The summed E-state index contributed by atoms with van der Waals surface area (Å²) in [6, 6.07) is 9.36. The molecule has 2 aromatic rings. The van der Waals surface area contributed by atoms with Gasteiger partial charge in [0, 0.05) is 16.5 Å². The number of cyclic esters (lactones) is 1. The number of fused-ring (bicyclic) bond motifs is 1. The molecule has 1 aliphatic carbocycles. The minimum atomic E-state index is -0.731. The van der Waals surface area contributed by atoms with Crippen LogP contribution in [0, 0.1) is 11.3 Å². The average Bonchev–Trinajstić information content (AvgIpc) is 3.50. The van der Waals surface area contributed by atoms with Crippen LogP contribution >= 0.6 is 0 Å². The topological polar surface area (TPSA) is 91.3 Å². The smallest absolute Gasteiger partial charge is 0.338 e. The number of esters is 1. The number of benzene rings is 2. The zero-order chi connectivity index (χ0) is 23.6. The Morgan fingerprint density at radius 1 is 1.12 bits per heavy atom. The van der Waals surface area contributed by atoms with E-state index in [9.17, 15) is 14.7 Å². The Bertz CT molecular complexity index is 1050. The van der Waals surface area contributed by atoms with Crippen LogP contribution in [0.1, 0.15) is 54.9 Å². The Balaban J connectivity index is 1.60. The van der Waals surface area contributed by atoms with Crippen molar-refractivity contribution in [3.63, 3.8) is 0 Å². The average molecular weight is 455 g/mol. The van der Waals surface area contributed by atoms with E-state index in [0.29, 0.717) is 42.3 Å². The molecule has 2 aromatic carbocycles. The fourth-order valence-electron chi connectivity index (χ4n) is 4.42. The van der Waals surface area contributed by atoms with E-state index in [4.69, 9.17) is 18.9 Å². The number of carbonyl (C=O) groups is 2. The summed E-state index contributed by atoms with van der Waals surface area (Å²) in [6.07, 6.45) is 4.13. The van der Waals surface area contributed by atoms with Gasteiger partial charge in [-0.1, -0.05) is 13.0 Å². The van der Waals surface area contributed by atoms with Crippen molar-refractivity contribution >= 4 is 11.9 Å². The first-order valence-electron chi connectivity index (χ1n) is 11.3. The summed E-state index contributed by atoms with van der Waals surface area (Å²) in [5.41, 5.74) is 3.15. The fourth-order valence-corrected chi connectivity index (χ4v) is 4.42. The van der Waals surface area contributed by atoms with Gasteiger partial charge in [0.05, 0.1) is 32.3 Å². The highest BCUT2D eigenvalue weighted by atomic mass is 16.5. The third kappa shape index (κ3) is 4.63. The predicted molar refractivity (Wildman–Crippen MR) is 122 cm³/mol. The van der Waals surface area contributed by atoms with E-state index in [-0.39, 0.29) is 23.9 Å². The van der Waals surface area contributed by atoms with Gasteiger partial charge >= 0.3 is 11.9 Å². The molecule has 1 saturated carbocycles. The van der Waals surface area contributed by atoms with Crippen LogP contribution in [0.15, 0.2) is 30.3 Å². The lowest BCUT2D eigenvalue weighted by Gasteiger charge is -2.22. The molecule has 1 atom stereocenters. The maximum Gasteiger partial charge on any atom is 0.338 e. The van der Waals surface area contributed by atoms with Crippen molar-refractivity contribution in [2.75, 3.05) is 20.8 Å². The van der Waals surface area contributed by atoms with Crippen molar-refractivity contribution in [1.29, 1.82) is 0 Å². The minimum Gasteiger partial charge on any atom is -0.493 e. The lowest BCUT2D eigenvalue weighted by Crippen LogP contribution is -2.19. The lowest BCUT2D eigenvalue weighted by molar-refractivity contribution is -0.142. The second-order valence-electron chi connectivity index (χ2n) is 8.90. The van der Waals surface area contributed by atoms with Crippen molar-refractivity contribution in [2.24, 2.45) is 11.3 Å². The normalized spacial score (nSPS) is 16.5. The number of hydrogen-bond donors (Lipinski definition) is 1. The quantitative estimate of drug-likeness (QED) is 0.473. The van der Waals surface area contributed by atoms with Gasteiger partial charge in [0.2, 0.25) is 5.75 Å². The number of carboxylic acids is 1. The molecule has 2 aliphatic rings. The number of hydrogen-bond acceptors (Lipinski definition) is 6. The summed E-state index contributed by atoms with van der Waals surface area (Å²) in [5, 5.41) is 9.38. The Labute approximate surface area is 193 Å². The van der Waals surface area contributed by atoms with Gasteiger partial charge in [-0.05, 0) is 61.9 Å². The van der Waals surface area contributed by atoms with Gasteiger partial charge in [0.15, 0.2) is 11.5 Å². The number of methoxy groups -OCH3 is 2. The first kappa shape index (κ1) is 23.0. The summed E-state index contributed by atoms with van der Waals surface area (Å²) in [7, 11) is 3.16. The van der Waals surface area contributed by atoms with Crippen molar-refractivity contribution < 1.29 is 33.6 Å².